The summed E-state index contributed by atoms with van der Waals surface area (Å²) in [7, 11) is 0. The molecule has 0 aliphatic heterocycles. The van der Waals surface area contributed by atoms with Crippen LogP contribution in [0.4, 0.5) is 10.5 Å². The molecule has 5 nitrogen and oxygen atoms in total. The van der Waals surface area contributed by atoms with Gasteiger partial charge in [-0.1, -0.05) is 13.3 Å². The van der Waals surface area contributed by atoms with Crippen molar-refractivity contribution in [2.24, 2.45) is 5.41 Å². The van der Waals surface area contributed by atoms with Crippen LogP contribution in [-0.4, -0.2) is 23.7 Å². The molecule has 1 aromatic rings. The highest BCUT2D eigenvalue weighted by atomic mass is 127. The number of aromatic carboxylic acids is 1. The third-order valence-electron chi connectivity index (χ3n) is 3.70. The van der Waals surface area contributed by atoms with Crippen molar-refractivity contribution < 1.29 is 14.7 Å². The molecule has 2 rings (SSSR count). The molecule has 0 aromatic heterocycles. The molecule has 0 heterocycles. The maximum Gasteiger partial charge on any atom is 0.337 e. The number of nitrogens with one attached hydrogen (secondary N) is 2. The molecule has 0 bridgehead atoms. The maximum absolute atomic E-state index is 11.8. The minimum Gasteiger partial charge on any atom is -0.478 e. The number of halogens is 1. The summed E-state index contributed by atoms with van der Waals surface area (Å²) < 4.78 is 0.813. The van der Waals surface area contributed by atoms with Gasteiger partial charge in [0.05, 0.1) is 11.3 Å². The Bertz CT molecular complexity index is 541. The average molecular weight is 388 g/mol. The molecule has 1 aromatic carbocycles. The lowest BCUT2D eigenvalue weighted by atomic mass is 9.70. The number of amides is 2. The Labute approximate surface area is 131 Å². The van der Waals surface area contributed by atoms with Gasteiger partial charge in [-0.2, -0.15) is 0 Å². The van der Waals surface area contributed by atoms with E-state index in [0.717, 1.165) is 16.4 Å². The van der Waals surface area contributed by atoms with E-state index in [1.807, 2.05) is 22.6 Å². The Morgan fingerprint density at radius 1 is 1.40 bits per heavy atom. The van der Waals surface area contributed by atoms with Gasteiger partial charge in [-0.15, -0.1) is 0 Å². The second-order valence-corrected chi connectivity index (χ2v) is 6.71. The summed E-state index contributed by atoms with van der Waals surface area (Å²) in [5, 5.41) is 14.5. The van der Waals surface area contributed by atoms with Crippen LogP contribution in [0, 0.1) is 8.99 Å². The van der Waals surface area contributed by atoms with Gasteiger partial charge in [0, 0.05) is 10.1 Å². The molecule has 3 N–H and O–H groups in total. The van der Waals surface area contributed by atoms with E-state index in [1.54, 1.807) is 12.1 Å². The Hall–Kier alpha value is -1.31. The Morgan fingerprint density at radius 2 is 2.10 bits per heavy atom. The second kappa shape index (κ2) is 5.99. The summed E-state index contributed by atoms with van der Waals surface area (Å²) in [5.41, 5.74) is 0.607. The molecular weight excluding hydrogens is 371 g/mol. The van der Waals surface area contributed by atoms with Gasteiger partial charge in [0.1, 0.15) is 0 Å². The number of carbonyl (C=O) groups excluding carboxylic acids is 1. The van der Waals surface area contributed by atoms with Gasteiger partial charge in [-0.3, -0.25) is 0 Å². The summed E-state index contributed by atoms with van der Waals surface area (Å²) in [6, 6.07) is 4.54. The molecule has 2 amide bonds. The zero-order valence-corrected chi connectivity index (χ0v) is 13.4. The molecular formula is C14H17IN2O3. The quantitative estimate of drug-likeness (QED) is 0.693. The average Bonchev–Trinajstić information content (AvgIpc) is 2.36. The maximum atomic E-state index is 11.8. The number of rotatable bonds is 4. The molecule has 1 fully saturated rings. The van der Waals surface area contributed by atoms with Crippen molar-refractivity contribution in [2.45, 2.75) is 26.2 Å². The van der Waals surface area contributed by atoms with Crippen LogP contribution in [-0.2, 0) is 0 Å². The number of urea groups is 1. The zero-order valence-electron chi connectivity index (χ0n) is 11.2. The van der Waals surface area contributed by atoms with Crippen LogP contribution in [0.2, 0.25) is 0 Å². The lowest BCUT2D eigenvalue weighted by Gasteiger charge is -2.38. The van der Waals surface area contributed by atoms with Crippen molar-refractivity contribution in [3.05, 3.63) is 27.3 Å². The van der Waals surface area contributed by atoms with Gasteiger partial charge in [-0.05, 0) is 59.0 Å². The highest BCUT2D eigenvalue weighted by Gasteiger charge is 2.31. The zero-order chi connectivity index (χ0) is 14.8. The second-order valence-electron chi connectivity index (χ2n) is 5.47. The molecule has 0 saturated heterocycles. The highest BCUT2D eigenvalue weighted by molar-refractivity contribution is 14.1. The smallest absolute Gasteiger partial charge is 0.337 e. The van der Waals surface area contributed by atoms with Gasteiger partial charge < -0.3 is 15.7 Å². The summed E-state index contributed by atoms with van der Waals surface area (Å²) in [5.74, 6) is -1.05. The minimum atomic E-state index is -1.05. The van der Waals surface area contributed by atoms with Crippen molar-refractivity contribution >= 4 is 40.3 Å². The van der Waals surface area contributed by atoms with Gasteiger partial charge in [0.2, 0.25) is 0 Å². The van der Waals surface area contributed by atoms with Gasteiger partial charge in [-0.25, -0.2) is 9.59 Å². The number of benzene rings is 1. The molecule has 108 valence electrons. The van der Waals surface area contributed by atoms with Crippen molar-refractivity contribution in [2.75, 3.05) is 11.9 Å². The summed E-state index contributed by atoms with van der Waals surface area (Å²) >= 11 is 2.04. The molecule has 0 atom stereocenters. The summed E-state index contributed by atoms with van der Waals surface area (Å²) in [4.78, 5) is 23.0. The van der Waals surface area contributed by atoms with Crippen molar-refractivity contribution in [1.82, 2.24) is 5.32 Å². The standard InChI is InChI=1S/C14H17IN2O3/c1-14(5-2-6-14)8-16-13(20)17-11-4-3-9(15)7-10(11)12(18)19/h3-4,7H,2,5-6,8H2,1H3,(H,18,19)(H2,16,17,20). The molecule has 0 radical (unpaired) electrons. The number of hydrogen-bond acceptors (Lipinski definition) is 2. The van der Waals surface area contributed by atoms with Crippen LogP contribution in [0.3, 0.4) is 0 Å². The molecule has 0 unspecified atom stereocenters. The van der Waals surface area contributed by atoms with E-state index >= 15 is 0 Å². The first-order valence-electron chi connectivity index (χ1n) is 6.47. The number of hydrogen-bond donors (Lipinski definition) is 3. The predicted molar refractivity (Wildman–Crippen MR) is 85.1 cm³/mol. The Morgan fingerprint density at radius 3 is 2.65 bits per heavy atom. The van der Waals surface area contributed by atoms with Crippen molar-refractivity contribution in [1.29, 1.82) is 0 Å². The molecule has 1 aliphatic rings. The van der Waals surface area contributed by atoms with Crippen molar-refractivity contribution in [3.8, 4) is 0 Å². The lowest BCUT2D eigenvalue weighted by Crippen LogP contribution is -2.41. The fourth-order valence-electron chi connectivity index (χ4n) is 2.22. The van der Waals surface area contributed by atoms with E-state index in [-0.39, 0.29) is 17.0 Å². The molecule has 1 aliphatic carbocycles. The summed E-state index contributed by atoms with van der Waals surface area (Å²) in [6.45, 7) is 2.76. The monoisotopic (exact) mass is 388 g/mol. The van der Waals surface area contributed by atoms with E-state index in [0.29, 0.717) is 12.2 Å². The van der Waals surface area contributed by atoms with Crippen LogP contribution in [0.15, 0.2) is 18.2 Å². The normalized spacial score (nSPS) is 16.1. The first-order valence-corrected chi connectivity index (χ1v) is 7.55. The SMILES string of the molecule is CC1(CNC(=O)Nc2ccc(I)cc2C(=O)O)CCC1. The Balaban J connectivity index is 1.98. The number of carboxylic acid groups (broad SMARTS) is 1. The van der Waals surface area contributed by atoms with Gasteiger partial charge >= 0.3 is 12.0 Å². The largest absolute Gasteiger partial charge is 0.478 e. The van der Waals surface area contributed by atoms with Crippen LogP contribution >= 0.6 is 22.6 Å². The van der Waals surface area contributed by atoms with Crippen molar-refractivity contribution in [3.63, 3.8) is 0 Å². The number of carboxylic acids is 1. The van der Waals surface area contributed by atoms with E-state index in [2.05, 4.69) is 17.6 Å². The topological polar surface area (TPSA) is 78.4 Å². The predicted octanol–water partition coefficient (Wildman–Crippen LogP) is 3.30. The Kier molecular flexibility index (Phi) is 4.52. The third kappa shape index (κ3) is 3.62. The molecule has 6 heteroatoms. The van der Waals surface area contributed by atoms with E-state index in [4.69, 9.17) is 5.11 Å². The lowest BCUT2D eigenvalue weighted by molar-refractivity contribution is 0.0698. The molecule has 0 spiro atoms. The molecule has 1 saturated carbocycles. The third-order valence-corrected chi connectivity index (χ3v) is 4.37. The number of anilines is 1. The first kappa shape index (κ1) is 15.1. The highest BCUT2D eigenvalue weighted by Crippen LogP contribution is 2.39. The molecule has 20 heavy (non-hydrogen) atoms. The summed E-state index contributed by atoms with van der Waals surface area (Å²) in [6.07, 6.45) is 3.45. The van der Waals surface area contributed by atoms with E-state index in [1.165, 1.54) is 12.5 Å². The first-order chi connectivity index (χ1) is 9.39. The van der Waals surface area contributed by atoms with Crippen LogP contribution in [0.25, 0.3) is 0 Å². The fraction of sp³-hybridized carbons (Fsp3) is 0.429. The van der Waals surface area contributed by atoms with Gasteiger partial charge in [0.15, 0.2) is 0 Å². The van der Waals surface area contributed by atoms with Crippen LogP contribution in [0.5, 0.6) is 0 Å². The van der Waals surface area contributed by atoms with E-state index < -0.39 is 5.97 Å². The minimum absolute atomic E-state index is 0.0990. The van der Waals surface area contributed by atoms with E-state index in [9.17, 15) is 9.59 Å². The fourth-order valence-corrected chi connectivity index (χ4v) is 2.71. The van der Waals surface area contributed by atoms with Crippen LogP contribution < -0.4 is 10.6 Å². The van der Waals surface area contributed by atoms with Crippen LogP contribution in [0.1, 0.15) is 36.5 Å². The van der Waals surface area contributed by atoms with Gasteiger partial charge in [0.25, 0.3) is 0 Å². The number of carbonyl (C=O) groups is 2.